The summed E-state index contributed by atoms with van der Waals surface area (Å²) in [6, 6.07) is 18.7. The Morgan fingerprint density at radius 1 is 0.850 bits per heavy atom. The topological polar surface area (TPSA) is 24.9 Å². The van der Waals surface area contributed by atoms with E-state index < -0.39 is 0 Å². The Morgan fingerprint density at radius 3 is 2.25 bits per heavy atom. The van der Waals surface area contributed by atoms with E-state index in [1.807, 2.05) is 19.3 Å². The van der Waals surface area contributed by atoms with Gasteiger partial charge in [0.15, 0.2) is 0 Å². The molecule has 0 amide bonds. The summed E-state index contributed by atoms with van der Waals surface area (Å²) in [5.74, 6) is 0. The fourth-order valence-electron chi connectivity index (χ4n) is 2.14. The van der Waals surface area contributed by atoms with E-state index in [-0.39, 0.29) is 24.8 Å². The van der Waals surface area contributed by atoms with Crippen LogP contribution in [0.4, 0.5) is 5.69 Å². The van der Waals surface area contributed by atoms with Crippen LogP contribution in [0.25, 0.3) is 22.0 Å². The molecular formula is C16H16Cl2N2. The van der Waals surface area contributed by atoms with Gasteiger partial charge in [-0.2, -0.15) is 0 Å². The molecule has 4 heteroatoms. The third kappa shape index (κ3) is 3.03. The minimum Gasteiger partial charge on any atom is -0.388 e. The van der Waals surface area contributed by atoms with E-state index in [1.165, 1.54) is 10.8 Å². The molecule has 0 aliphatic heterocycles. The van der Waals surface area contributed by atoms with Crippen molar-refractivity contribution in [2.75, 3.05) is 12.4 Å². The number of benzene rings is 2. The van der Waals surface area contributed by atoms with Crippen LogP contribution in [0.3, 0.4) is 0 Å². The summed E-state index contributed by atoms with van der Waals surface area (Å²) in [6.45, 7) is 0. The second kappa shape index (κ2) is 7.13. The maximum Gasteiger partial charge on any atom is 0.0780 e. The lowest BCUT2D eigenvalue weighted by atomic mass is 10.0. The summed E-state index contributed by atoms with van der Waals surface area (Å²) >= 11 is 0. The highest BCUT2D eigenvalue weighted by Gasteiger charge is 2.04. The van der Waals surface area contributed by atoms with Gasteiger partial charge in [-0.3, -0.25) is 4.98 Å². The number of rotatable bonds is 2. The maximum absolute atomic E-state index is 4.51. The molecule has 1 heterocycles. The largest absolute Gasteiger partial charge is 0.388 e. The van der Waals surface area contributed by atoms with Gasteiger partial charge in [-0.1, -0.05) is 36.4 Å². The van der Waals surface area contributed by atoms with Crippen molar-refractivity contribution in [2.24, 2.45) is 0 Å². The van der Waals surface area contributed by atoms with Gasteiger partial charge in [-0.05, 0) is 23.6 Å². The molecule has 0 bridgehead atoms. The molecule has 3 rings (SSSR count). The number of aromatic nitrogens is 1. The Morgan fingerprint density at radius 2 is 1.55 bits per heavy atom. The van der Waals surface area contributed by atoms with Crippen molar-refractivity contribution in [3.63, 3.8) is 0 Å². The summed E-state index contributed by atoms with van der Waals surface area (Å²) in [7, 11) is 1.92. The first-order valence-corrected chi connectivity index (χ1v) is 6.00. The van der Waals surface area contributed by atoms with Gasteiger partial charge in [0, 0.05) is 29.9 Å². The second-order valence-electron chi connectivity index (χ2n) is 4.21. The third-order valence-electron chi connectivity index (χ3n) is 3.12. The number of fused-ring (bicyclic) bond motifs is 1. The van der Waals surface area contributed by atoms with Gasteiger partial charge in [0.05, 0.1) is 5.69 Å². The number of halogens is 2. The first kappa shape index (κ1) is 16.3. The zero-order valence-electron chi connectivity index (χ0n) is 11.0. The monoisotopic (exact) mass is 306 g/mol. The number of hydrogen-bond acceptors (Lipinski definition) is 2. The standard InChI is InChI=1S/C16H14N2.2ClH/c1-17-14-8-6-13(7-9-14)16-15-5-3-2-4-12(15)10-11-18-16;;/h2-11,17H,1H3;2*1H. The van der Waals surface area contributed by atoms with Gasteiger partial charge >= 0.3 is 0 Å². The molecule has 0 radical (unpaired) electrons. The summed E-state index contributed by atoms with van der Waals surface area (Å²) < 4.78 is 0. The summed E-state index contributed by atoms with van der Waals surface area (Å²) in [6.07, 6.45) is 1.86. The van der Waals surface area contributed by atoms with E-state index in [1.54, 1.807) is 0 Å². The van der Waals surface area contributed by atoms with Crippen LogP contribution in [-0.4, -0.2) is 12.0 Å². The smallest absolute Gasteiger partial charge is 0.0780 e. The van der Waals surface area contributed by atoms with Gasteiger partial charge in [-0.15, -0.1) is 24.8 Å². The Kier molecular flexibility index (Phi) is 5.81. The highest BCUT2D eigenvalue weighted by molar-refractivity contribution is 5.94. The number of anilines is 1. The molecule has 3 aromatic rings. The summed E-state index contributed by atoms with van der Waals surface area (Å²) in [5, 5.41) is 5.54. The minimum atomic E-state index is 0. The van der Waals surface area contributed by atoms with Crippen molar-refractivity contribution in [3.8, 4) is 11.3 Å². The third-order valence-corrected chi connectivity index (χ3v) is 3.12. The molecule has 1 N–H and O–H groups in total. The quantitative estimate of drug-likeness (QED) is 0.736. The van der Waals surface area contributed by atoms with Crippen LogP contribution in [0.5, 0.6) is 0 Å². The number of hydrogen-bond donors (Lipinski definition) is 1. The molecule has 0 atom stereocenters. The van der Waals surface area contributed by atoms with E-state index >= 15 is 0 Å². The molecule has 0 aliphatic rings. The molecule has 2 aromatic carbocycles. The van der Waals surface area contributed by atoms with Crippen molar-refractivity contribution < 1.29 is 0 Å². The number of pyridine rings is 1. The van der Waals surface area contributed by atoms with Gasteiger partial charge in [0.2, 0.25) is 0 Å². The highest BCUT2D eigenvalue weighted by atomic mass is 35.5. The molecular weight excluding hydrogens is 291 g/mol. The van der Waals surface area contributed by atoms with Crippen molar-refractivity contribution in [1.82, 2.24) is 4.98 Å². The van der Waals surface area contributed by atoms with Crippen LogP contribution in [0.1, 0.15) is 0 Å². The summed E-state index contributed by atoms with van der Waals surface area (Å²) in [4.78, 5) is 4.51. The predicted molar refractivity (Wildman–Crippen MR) is 91.2 cm³/mol. The van der Waals surface area contributed by atoms with Crippen LogP contribution in [-0.2, 0) is 0 Å². The fourth-order valence-corrected chi connectivity index (χ4v) is 2.14. The molecule has 0 saturated carbocycles. The second-order valence-corrected chi connectivity index (χ2v) is 4.21. The normalized spacial score (nSPS) is 9.45. The van der Waals surface area contributed by atoms with Crippen molar-refractivity contribution in [1.29, 1.82) is 0 Å². The van der Waals surface area contributed by atoms with Crippen molar-refractivity contribution >= 4 is 41.3 Å². The minimum absolute atomic E-state index is 0. The van der Waals surface area contributed by atoms with Crippen LogP contribution in [0, 0.1) is 0 Å². The zero-order chi connectivity index (χ0) is 12.4. The van der Waals surface area contributed by atoms with E-state index in [0.29, 0.717) is 0 Å². The fraction of sp³-hybridized carbons (Fsp3) is 0.0625. The predicted octanol–water partition coefficient (Wildman–Crippen LogP) is 4.79. The highest BCUT2D eigenvalue weighted by Crippen LogP contribution is 2.26. The average molecular weight is 307 g/mol. The van der Waals surface area contributed by atoms with E-state index in [2.05, 4.69) is 58.8 Å². The van der Waals surface area contributed by atoms with Crippen LogP contribution in [0.2, 0.25) is 0 Å². The first-order chi connectivity index (χ1) is 8.88. The first-order valence-electron chi connectivity index (χ1n) is 6.00. The lowest BCUT2D eigenvalue weighted by Crippen LogP contribution is -1.89. The molecule has 104 valence electrons. The maximum atomic E-state index is 4.51. The van der Waals surface area contributed by atoms with Crippen LogP contribution in [0.15, 0.2) is 60.8 Å². The van der Waals surface area contributed by atoms with Crippen LogP contribution >= 0.6 is 24.8 Å². The molecule has 0 spiro atoms. The molecule has 0 aliphatic carbocycles. The van der Waals surface area contributed by atoms with Crippen molar-refractivity contribution in [3.05, 3.63) is 60.8 Å². The molecule has 20 heavy (non-hydrogen) atoms. The van der Waals surface area contributed by atoms with Gasteiger partial charge < -0.3 is 5.32 Å². The van der Waals surface area contributed by atoms with E-state index in [9.17, 15) is 0 Å². The van der Waals surface area contributed by atoms with Crippen molar-refractivity contribution in [2.45, 2.75) is 0 Å². The lowest BCUT2D eigenvalue weighted by molar-refractivity contribution is 1.36. The number of nitrogens with zero attached hydrogens (tertiary/aromatic N) is 1. The SMILES string of the molecule is CNc1ccc(-c2nccc3ccccc23)cc1.Cl.Cl. The molecule has 2 nitrogen and oxygen atoms in total. The van der Waals surface area contributed by atoms with Gasteiger partial charge in [0.25, 0.3) is 0 Å². The van der Waals surface area contributed by atoms with Crippen LogP contribution < -0.4 is 5.32 Å². The lowest BCUT2D eigenvalue weighted by Gasteiger charge is -2.06. The molecule has 0 unspecified atom stereocenters. The van der Waals surface area contributed by atoms with E-state index in [4.69, 9.17) is 0 Å². The molecule has 0 fully saturated rings. The zero-order valence-corrected chi connectivity index (χ0v) is 12.7. The molecule has 0 saturated heterocycles. The Bertz CT molecular complexity index is 676. The van der Waals surface area contributed by atoms with E-state index in [0.717, 1.165) is 16.9 Å². The summed E-state index contributed by atoms with van der Waals surface area (Å²) in [5.41, 5.74) is 3.29. The average Bonchev–Trinajstić information content (AvgIpc) is 2.47. The van der Waals surface area contributed by atoms with Gasteiger partial charge in [0.1, 0.15) is 0 Å². The van der Waals surface area contributed by atoms with Gasteiger partial charge in [-0.25, -0.2) is 0 Å². The molecule has 1 aromatic heterocycles. The Hall–Kier alpha value is -1.77. The Balaban J connectivity index is 0.000001000. The number of nitrogens with one attached hydrogen (secondary N) is 1. The Labute approximate surface area is 131 Å².